The molecule has 1 rings (SSSR count). The second-order valence-corrected chi connectivity index (χ2v) is 2.99. The first kappa shape index (κ1) is 10.7. The number of rotatable bonds is 5. The van der Waals surface area contributed by atoms with E-state index < -0.39 is 0 Å². The fraction of sp³-hybridized carbons (Fsp3) is 0.556. The van der Waals surface area contributed by atoms with Crippen molar-refractivity contribution in [3.05, 3.63) is 22.2 Å². The number of hydrogen-bond donors (Lipinski definition) is 2. The Morgan fingerprint density at radius 2 is 2.43 bits per heavy atom. The molecule has 0 saturated heterocycles. The second-order valence-electron chi connectivity index (χ2n) is 2.99. The topological polar surface area (TPSA) is 67.0 Å². The SMILES string of the molecule is COCCCNc1cc(=O)[nH]c(C)n1. The average molecular weight is 197 g/mol. The van der Waals surface area contributed by atoms with E-state index in [0.29, 0.717) is 18.2 Å². The molecule has 0 spiro atoms. The van der Waals surface area contributed by atoms with Gasteiger partial charge in [-0.15, -0.1) is 0 Å². The number of anilines is 1. The Bertz CT molecular complexity index is 335. The third-order valence-corrected chi connectivity index (χ3v) is 1.69. The predicted octanol–water partition coefficient (Wildman–Crippen LogP) is 0.527. The van der Waals surface area contributed by atoms with Crippen molar-refractivity contribution in [3.63, 3.8) is 0 Å². The Balaban J connectivity index is 2.46. The van der Waals surface area contributed by atoms with E-state index in [4.69, 9.17) is 4.74 Å². The zero-order valence-corrected chi connectivity index (χ0v) is 8.46. The van der Waals surface area contributed by atoms with Crippen LogP contribution in [0.3, 0.4) is 0 Å². The molecule has 0 aliphatic carbocycles. The molecule has 0 atom stereocenters. The van der Waals surface area contributed by atoms with Crippen LogP contribution in [-0.2, 0) is 4.74 Å². The van der Waals surface area contributed by atoms with Crippen molar-refractivity contribution in [1.82, 2.24) is 9.97 Å². The lowest BCUT2D eigenvalue weighted by Crippen LogP contribution is -2.13. The molecule has 0 radical (unpaired) electrons. The number of aromatic amines is 1. The number of methoxy groups -OCH3 is 1. The Kier molecular flexibility index (Phi) is 4.12. The molecule has 0 bridgehead atoms. The summed E-state index contributed by atoms with van der Waals surface area (Å²) in [4.78, 5) is 17.7. The molecule has 0 saturated carbocycles. The summed E-state index contributed by atoms with van der Waals surface area (Å²) in [5, 5.41) is 3.05. The number of nitrogens with zero attached hydrogens (tertiary/aromatic N) is 1. The highest BCUT2D eigenvalue weighted by atomic mass is 16.5. The summed E-state index contributed by atoms with van der Waals surface area (Å²) >= 11 is 0. The third kappa shape index (κ3) is 3.57. The van der Waals surface area contributed by atoms with Crippen LogP contribution in [0.2, 0.25) is 0 Å². The van der Waals surface area contributed by atoms with Gasteiger partial charge in [0.25, 0.3) is 5.56 Å². The number of aryl methyl sites for hydroxylation is 1. The first-order valence-corrected chi connectivity index (χ1v) is 4.53. The van der Waals surface area contributed by atoms with Gasteiger partial charge < -0.3 is 15.0 Å². The largest absolute Gasteiger partial charge is 0.385 e. The highest BCUT2D eigenvalue weighted by molar-refractivity contribution is 5.32. The van der Waals surface area contributed by atoms with Crippen molar-refractivity contribution in [2.45, 2.75) is 13.3 Å². The molecule has 0 fully saturated rings. The van der Waals surface area contributed by atoms with E-state index in [2.05, 4.69) is 15.3 Å². The monoisotopic (exact) mass is 197 g/mol. The minimum atomic E-state index is -0.133. The standard InChI is InChI=1S/C9H15N3O2/c1-7-11-8(6-9(13)12-7)10-4-3-5-14-2/h6H,3-5H2,1-2H3,(H2,10,11,12,13). The lowest BCUT2D eigenvalue weighted by molar-refractivity contribution is 0.198. The maximum atomic E-state index is 11.0. The van der Waals surface area contributed by atoms with Gasteiger partial charge in [-0.2, -0.15) is 0 Å². The summed E-state index contributed by atoms with van der Waals surface area (Å²) in [5.41, 5.74) is -0.133. The van der Waals surface area contributed by atoms with Crippen LogP contribution in [-0.4, -0.2) is 30.2 Å². The van der Waals surface area contributed by atoms with Crippen LogP contribution in [0.5, 0.6) is 0 Å². The molecule has 2 N–H and O–H groups in total. The van der Waals surface area contributed by atoms with Gasteiger partial charge in [0.15, 0.2) is 0 Å². The van der Waals surface area contributed by atoms with E-state index in [-0.39, 0.29) is 5.56 Å². The molecule has 0 amide bonds. The molecular weight excluding hydrogens is 182 g/mol. The van der Waals surface area contributed by atoms with Gasteiger partial charge in [-0.1, -0.05) is 0 Å². The van der Waals surface area contributed by atoms with E-state index in [9.17, 15) is 4.79 Å². The molecule has 0 aliphatic rings. The van der Waals surface area contributed by atoms with Gasteiger partial charge in [0.2, 0.25) is 0 Å². The summed E-state index contributed by atoms with van der Waals surface area (Å²) in [5.74, 6) is 1.23. The lowest BCUT2D eigenvalue weighted by atomic mass is 10.4. The highest BCUT2D eigenvalue weighted by Crippen LogP contribution is 1.97. The van der Waals surface area contributed by atoms with Crippen LogP contribution in [0.1, 0.15) is 12.2 Å². The van der Waals surface area contributed by atoms with E-state index in [0.717, 1.165) is 13.0 Å². The average Bonchev–Trinajstić information content (AvgIpc) is 2.11. The Morgan fingerprint density at radius 1 is 1.64 bits per heavy atom. The number of H-pyrrole nitrogens is 1. The van der Waals surface area contributed by atoms with Crippen LogP contribution in [0.25, 0.3) is 0 Å². The summed E-state index contributed by atoms with van der Waals surface area (Å²) in [6.45, 7) is 3.21. The quantitative estimate of drug-likeness (QED) is 0.675. The molecule has 0 unspecified atom stereocenters. The van der Waals surface area contributed by atoms with Gasteiger partial charge in [0, 0.05) is 26.3 Å². The van der Waals surface area contributed by atoms with Crippen molar-refractivity contribution >= 4 is 5.82 Å². The minimum Gasteiger partial charge on any atom is -0.385 e. The normalized spacial score (nSPS) is 10.1. The highest BCUT2D eigenvalue weighted by Gasteiger charge is 1.96. The van der Waals surface area contributed by atoms with E-state index in [1.165, 1.54) is 6.07 Å². The van der Waals surface area contributed by atoms with Crippen LogP contribution in [0.15, 0.2) is 10.9 Å². The van der Waals surface area contributed by atoms with Gasteiger partial charge in [-0.25, -0.2) is 4.98 Å². The summed E-state index contributed by atoms with van der Waals surface area (Å²) in [6.07, 6.45) is 0.893. The molecular formula is C9H15N3O2. The van der Waals surface area contributed by atoms with E-state index in [1.807, 2.05) is 0 Å². The molecule has 1 aromatic rings. The van der Waals surface area contributed by atoms with Crippen molar-refractivity contribution in [1.29, 1.82) is 0 Å². The molecule has 0 aliphatic heterocycles. The fourth-order valence-electron chi connectivity index (χ4n) is 1.10. The number of ether oxygens (including phenoxy) is 1. The molecule has 5 heteroatoms. The van der Waals surface area contributed by atoms with Gasteiger partial charge in [0.1, 0.15) is 11.6 Å². The zero-order valence-electron chi connectivity index (χ0n) is 8.46. The maximum Gasteiger partial charge on any atom is 0.252 e. The minimum absolute atomic E-state index is 0.133. The van der Waals surface area contributed by atoms with Crippen LogP contribution in [0.4, 0.5) is 5.82 Å². The number of hydrogen-bond acceptors (Lipinski definition) is 4. The number of nitrogens with one attached hydrogen (secondary N) is 2. The summed E-state index contributed by atoms with van der Waals surface area (Å²) < 4.78 is 4.90. The zero-order chi connectivity index (χ0) is 10.4. The Hall–Kier alpha value is -1.36. The Labute approximate surface area is 82.5 Å². The summed E-state index contributed by atoms with van der Waals surface area (Å²) in [7, 11) is 1.66. The van der Waals surface area contributed by atoms with Gasteiger partial charge in [0.05, 0.1) is 0 Å². The van der Waals surface area contributed by atoms with Gasteiger partial charge in [-0.3, -0.25) is 4.79 Å². The van der Waals surface area contributed by atoms with Crippen molar-refractivity contribution < 1.29 is 4.74 Å². The molecule has 14 heavy (non-hydrogen) atoms. The number of aromatic nitrogens is 2. The van der Waals surface area contributed by atoms with E-state index in [1.54, 1.807) is 14.0 Å². The van der Waals surface area contributed by atoms with Crippen molar-refractivity contribution in [2.75, 3.05) is 25.6 Å². The Morgan fingerprint density at radius 3 is 3.07 bits per heavy atom. The van der Waals surface area contributed by atoms with Crippen LogP contribution >= 0.6 is 0 Å². The van der Waals surface area contributed by atoms with Crippen molar-refractivity contribution in [3.8, 4) is 0 Å². The molecule has 78 valence electrons. The van der Waals surface area contributed by atoms with Gasteiger partial charge >= 0.3 is 0 Å². The third-order valence-electron chi connectivity index (χ3n) is 1.69. The predicted molar refractivity (Wildman–Crippen MR) is 54.6 cm³/mol. The van der Waals surface area contributed by atoms with Crippen LogP contribution in [0, 0.1) is 6.92 Å². The second kappa shape index (κ2) is 5.39. The molecule has 1 heterocycles. The molecule has 1 aromatic heterocycles. The van der Waals surface area contributed by atoms with Crippen molar-refractivity contribution in [2.24, 2.45) is 0 Å². The molecule has 0 aromatic carbocycles. The molecule has 5 nitrogen and oxygen atoms in total. The first-order chi connectivity index (χ1) is 6.72. The summed E-state index contributed by atoms with van der Waals surface area (Å²) in [6, 6.07) is 1.44. The lowest BCUT2D eigenvalue weighted by Gasteiger charge is -2.04. The smallest absolute Gasteiger partial charge is 0.252 e. The first-order valence-electron chi connectivity index (χ1n) is 4.53. The van der Waals surface area contributed by atoms with E-state index >= 15 is 0 Å². The maximum absolute atomic E-state index is 11.0. The fourth-order valence-corrected chi connectivity index (χ4v) is 1.10. The van der Waals surface area contributed by atoms with Crippen LogP contribution < -0.4 is 10.9 Å². The van der Waals surface area contributed by atoms with Gasteiger partial charge in [-0.05, 0) is 13.3 Å².